The molecule has 0 aliphatic carbocycles. The molecule has 0 aliphatic rings. The van der Waals surface area contributed by atoms with Gasteiger partial charge in [0.15, 0.2) is 0 Å². The molecule has 10 heavy (non-hydrogen) atoms. The van der Waals surface area contributed by atoms with E-state index in [1.165, 1.54) is 0 Å². The van der Waals surface area contributed by atoms with E-state index in [1.807, 2.05) is 30.3 Å². The van der Waals surface area contributed by atoms with Gasteiger partial charge in [-0.25, -0.2) is 0 Å². The van der Waals surface area contributed by atoms with Crippen molar-refractivity contribution in [2.45, 2.75) is 0 Å². The van der Waals surface area contributed by atoms with Gasteiger partial charge in [0, 0.05) is 0 Å². The van der Waals surface area contributed by atoms with Crippen LogP contribution in [-0.4, -0.2) is 0 Å². The van der Waals surface area contributed by atoms with Crippen LogP contribution in [0.25, 0.3) is 0 Å². The fourth-order valence-corrected chi connectivity index (χ4v) is 0.342. The second-order valence-corrected chi connectivity index (χ2v) is 35.3. The number of benzene rings is 1. The van der Waals surface area contributed by atoms with Crippen molar-refractivity contribution < 1.29 is 14.7 Å². The van der Waals surface area contributed by atoms with Gasteiger partial charge >= 0.3 is 51.4 Å². The van der Waals surface area contributed by atoms with E-state index >= 15 is 0 Å². The van der Waals surface area contributed by atoms with Crippen LogP contribution >= 0.6 is 36.7 Å². The predicted octanol–water partition coefficient (Wildman–Crippen LogP) is 4.02. The van der Waals surface area contributed by atoms with Crippen LogP contribution in [0.2, 0.25) is 0 Å². The third-order valence-electron chi connectivity index (χ3n) is 0.607. The molecule has 1 aromatic rings. The van der Waals surface area contributed by atoms with Crippen LogP contribution in [0.3, 0.4) is 0 Å². The quantitative estimate of drug-likeness (QED) is 0.570. The summed E-state index contributed by atoms with van der Waals surface area (Å²) in [5.74, 6) is 0. The van der Waals surface area contributed by atoms with Gasteiger partial charge in [0.2, 0.25) is 0 Å². The van der Waals surface area contributed by atoms with Gasteiger partial charge in [-0.1, -0.05) is 0 Å². The molecule has 0 saturated carbocycles. The Morgan fingerprint density at radius 3 is 1.40 bits per heavy atom. The first-order valence-electron chi connectivity index (χ1n) is 2.48. The molecule has 0 saturated heterocycles. The van der Waals surface area contributed by atoms with E-state index in [0.29, 0.717) is 0 Å². The van der Waals surface area contributed by atoms with Gasteiger partial charge in [-0.3, -0.25) is 0 Å². The molecule has 0 bridgehead atoms. The molecular weight excluding hydrogens is 403 g/mol. The van der Waals surface area contributed by atoms with Gasteiger partial charge in [-0.15, -0.1) is 0 Å². The van der Waals surface area contributed by atoms with Crippen LogP contribution < -0.4 is 0 Å². The molecule has 0 fully saturated rings. The summed E-state index contributed by atoms with van der Waals surface area (Å²) in [5, 5.41) is 0. The van der Waals surface area contributed by atoms with E-state index in [9.17, 15) is 0 Å². The third kappa shape index (κ3) is 12.2. The van der Waals surface area contributed by atoms with Gasteiger partial charge in [-0.2, -0.15) is 36.4 Å². The topological polar surface area (TPSA) is 0 Å². The monoisotopic (exact) mass is 404 g/mol. The summed E-state index contributed by atoms with van der Waals surface area (Å²) < 4.78 is 0. The van der Waals surface area contributed by atoms with Gasteiger partial charge < -0.3 is 0 Å². The molecule has 55 valence electrons. The fraction of sp³-hybridized carbons (Fsp3) is 0. The molecule has 0 radical (unpaired) electrons. The van der Waals surface area contributed by atoms with Crippen molar-refractivity contribution in [3.05, 3.63) is 36.4 Å². The molecule has 0 N–H and O–H groups in total. The molecule has 0 atom stereocenters. The summed E-state index contributed by atoms with van der Waals surface area (Å²) in [6, 6.07) is 12.5. The minimum Gasteiger partial charge on any atom is -0.184 e. The number of halogens is 3. The van der Waals surface area contributed by atoms with Crippen molar-refractivity contribution >= 4 is 36.7 Å². The second-order valence-electron chi connectivity index (χ2n) is 1.29. The maximum atomic E-state index is 3.30. The predicted molar refractivity (Wildman–Crippen MR) is 52.1 cm³/mol. The van der Waals surface area contributed by atoms with E-state index in [1.54, 1.807) is 0 Å². The van der Waals surface area contributed by atoms with E-state index in [2.05, 4.69) is 42.7 Å². The Morgan fingerprint density at radius 2 is 1.30 bits per heavy atom. The van der Waals surface area contributed by atoms with Crippen molar-refractivity contribution in [1.82, 2.24) is 0 Å². The van der Waals surface area contributed by atoms with Crippen molar-refractivity contribution in [2.75, 3.05) is 0 Å². The average Bonchev–Trinajstić information content (AvgIpc) is 1.90. The van der Waals surface area contributed by atoms with Crippen molar-refractivity contribution in [2.24, 2.45) is 0 Å². The molecular formula is C6H5Br3Zr-. The number of hydrogen-bond donors (Lipinski definition) is 0. The van der Waals surface area contributed by atoms with E-state index < -0.39 is 14.7 Å². The molecule has 0 heterocycles. The minimum atomic E-state index is -1.11. The molecule has 4 heteroatoms. The van der Waals surface area contributed by atoms with Crippen LogP contribution in [0.5, 0.6) is 0 Å². The Kier molecular flexibility index (Phi) is 9.97. The first-order valence-corrected chi connectivity index (χ1v) is 19.3. The Morgan fingerprint density at radius 1 is 0.900 bits per heavy atom. The van der Waals surface area contributed by atoms with Crippen LogP contribution in [0.4, 0.5) is 0 Å². The maximum absolute atomic E-state index is 3.30. The first-order chi connectivity index (χ1) is 4.73. The van der Waals surface area contributed by atoms with Crippen molar-refractivity contribution in [1.29, 1.82) is 0 Å². The third-order valence-corrected chi connectivity index (χ3v) is 0.607. The van der Waals surface area contributed by atoms with E-state index in [0.717, 1.165) is 0 Å². The number of hydrogen-bond acceptors (Lipinski definition) is 0. The fourth-order valence-electron chi connectivity index (χ4n) is 0.342. The summed E-state index contributed by atoms with van der Waals surface area (Å²) >= 11 is 8.80. The maximum Gasteiger partial charge on any atom is -0.171 e. The largest absolute Gasteiger partial charge is 0.184 e. The zero-order valence-corrected chi connectivity index (χ0v) is 12.2. The van der Waals surface area contributed by atoms with E-state index in [-0.39, 0.29) is 0 Å². The van der Waals surface area contributed by atoms with Crippen molar-refractivity contribution in [3.8, 4) is 0 Å². The standard InChI is InChI=1S/C6H5.3BrH.Zr/c1-2-4-6-5-3-1;;;;/h1-5H;3*1H;/q-1;;;;+3/p-3. The Bertz CT molecular complexity index is 113. The van der Waals surface area contributed by atoms with Gasteiger partial charge in [-0.05, 0) is 0 Å². The Balaban J connectivity index is 0.000000180. The zero-order valence-electron chi connectivity index (χ0n) is 5.02. The van der Waals surface area contributed by atoms with E-state index in [4.69, 9.17) is 0 Å². The van der Waals surface area contributed by atoms with Crippen LogP contribution in [-0.2, 0) is 14.7 Å². The summed E-state index contributed by atoms with van der Waals surface area (Å²) in [5.41, 5.74) is 0. The first kappa shape index (κ1) is 11.5. The van der Waals surface area contributed by atoms with Crippen LogP contribution in [0, 0.1) is 6.07 Å². The SMILES string of the molecule is [Br][Zr]([Br])[Br].[c-]1ccccc1. The summed E-state index contributed by atoms with van der Waals surface area (Å²) in [7, 11) is 0. The molecule has 0 aromatic heterocycles. The van der Waals surface area contributed by atoms with Gasteiger partial charge in [0.05, 0.1) is 0 Å². The minimum absolute atomic E-state index is 1.11. The molecule has 0 unspecified atom stereocenters. The van der Waals surface area contributed by atoms with Gasteiger partial charge in [0.1, 0.15) is 0 Å². The molecule has 0 aliphatic heterocycles. The molecule has 1 rings (SSSR count). The molecule has 0 nitrogen and oxygen atoms in total. The van der Waals surface area contributed by atoms with Gasteiger partial charge in [0.25, 0.3) is 0 Å². The second kappa shape index (κ2) is 8.64. The summed E-state index contributed by atoms with van der Waals surface area (Å²) in [4.78, 5) is 0. The average molecular weight is 408 g/mol. The molecule has 1 aromatic carbocycles. The normalized spacial score (nSPS) is 7.50. The number of rotatable bonds is 0. The Hall–Kier alpha value is 1.54. The summed E-state index contributed by atoms with van der Waals surface area (Å²) in [6.07, 6.45) is 0. The van der Waals surface area contributed by atoms with Crippen LogP contribution in [0.1, 0.15) is 0 Å². The van der Waals surface area contributed by atoms with Crippen LogP contribution in [0.15, 0.2) is 30.3 Å². The summed E-state index contributed by atoms with van der Waals surface area (Å²) in [6.45, 7) is 0. The van der Waals surface area contributed by atoms with Crippen molar-refractivity contribution in [3.63, 3.8) is 0 Å². The molecule has 0 amide bonds. The Labute approximate surface area is 86.4 Å². The smallest absolute Gasteiger partial charge is 0.171 e. The zero-order chi connectivity index (χ0) is 7.82. The molecule has 0 spiro atoms.